The Morgan fingerprint density at radius 1 is 1.50 bits per heavy atom. The fourth-order valence-corrected chi connectivity index (χ4v) is 2.28. The Bertz CT molecular complexity index is 346. The molecule has 3 heterocycles. The largest absolute Gasteiger partial charge is 0.380 e. The maximum atomic E-state index is 5.29. The summed E-state index contributed by atoms with van der Waals surface area (Å²) < 4.78 is 10.5. The second kappa shape index (κ2) is 2.77. The summed E-state index contributed by atoms with van der Waals surface area (Å²) in [5.74, 6) is 1.80. The molecule has 0 aliphatic carbocycles. The smallest absolute Gasteiger partial charge is 0.231 e. The highest BCUT2D eigenvalue weighted by atomic mass is 16.5. The van der Waals surface area contributed by atoms with E-state index in [1.807, 2.05) is 6.92 Å². The number of nitrogens with one attached hydrogen (secondary N) is 1. The van der Waals surface area contributed by atoms with Gasteiger partial charge in [-0.1, -0.05) is 5.16 Å². The summed E-state index contributed by atoms with van der Waals surface area (Å²) in [5, 5.41) is 7.20. The molecule has 2 aliphatic heterocycles. The molecule has 2 fully saturated rings. The molecule has 2 aliphatic rings. The zero-order valence-corrected chi connectivity index (χ0v) is 8.12. The van der Waals surface area contributed by atoms with Crippen LogP contribution in [-0.2, 0) is 4.74 Å². The van der Waals surface area contributed by atoms with E-state index >= 15 is 0 Å². The fourth-order valence-electron chi connectivity index (χ4n) is 2.28. The summed E-state index contributed by atoms with van der Waals surface area (Å²) >= 11 is 0. The number of hydrogen-bond acceptors (Lipinski definition) is 5. The molecule has 0 saturated carbocycles. The van der Waals surface area contributed by atoms with Gasteiger partial charge < -0.3 is 14.6 Å². The predicted molar refractivity (Wildman–Crippen MR) is 47.9 cm³/mol. The molecule has 1 spiro atoms. The third kappa shape index (κ3) is 1.02. The second-order valence-electron chi connectivity index (χ2n) is 4.22. The van der Waals surface area contributed by atoms with Gasteiger partial charge in [0.25, 0.3) is 0 Å². The number of nitrogens with zero attached hydrogens (tertiary/aromatic N) is 2. The van der Waals surface area contributed by atoms with E-state index in [1.54, 1.807) is 0 Å². The zero-order chi connectivity index (χ0) is 9.60. The normalized spacial score (nSPS) is 29.4. The average Bonchev–Trinajstić information content (AvgIpc) is 2.67. The molecule has 0 radical (unpaired) electrons. The van der Waals surface area contributed by atoms with Crippen molar-refractivity contribution in [1.29, 1.82) is 0 Å². The van der Waals surface area contributed by atoms with Crippen molar-refractivity contribution in [2.45, 2.75) is 12.8 Å². The van der Waals surface area contributed by atoms with Crippen LogP contribution in [0.3, 0.4) is 0 Å². The van der Waals surface area contributed by atoms with Crippen molar-refractivity contribution in [3.05, 3.63) is 11.7 Å². The van der Waals surface area contributed by atoms with Crippen molar-refractivity contribution in [3.63, 3.8) is 0 Å². The van der Waals surface area contributed by atoms with Crippen LogP contribution in [0.25, 0.3) is 0 Å². The van der Waals surface area contributed by atoms with Crippen molar-refractivity contribution in [2.24, 2.45) is 5.41 Å². The van der Waals surface area contributed by atoms with Gasteiger partial charge in [-0.3, -0.25) is 0 Å². The number of aryl methyl sites for hydroxylation is 1. The van der Waals surface area contributed by atoms with Crippen LogP contribution in [0, 0.1) is 12.3 Å². The van der Waals surface area contributed by atoms with Gasteiger partial charge in [-0.2, -0.15) is 4.98 Å². The summed E-state index contributed by atoms with van der Waals surface area (Å²) in [6.45, 7) is 5.39. The number of rotatable bonds is 1. The van der Waals surface area contributed by atoms with Gasteiger partial charge >= 0.3 is 0 Å². The Balaban J connectivity index is 1.90. The minimum Gasteiger partial charge on any atom is -0.380 e. The van der Waals surface area contributed by atoms with E-state index in [-0.39, 0.29) is 5.41 Å². The lowest BCUT2D eigenvalue weighted by molar-refractivity contribution is -0.113. The van der Waals surface area contributed by atoms with Crippen LogP contribution < -0.4 is 5.32 Å². The van der Waals surface area contributed by atoms with Crippen LogP contribution in [-0.4, -0.2) is 36.4 Å². The summed E-state index contributed by atoms with van der Waals surface area (Å²) in [6.07, 6.45) is 0. The highest BCUT2D eigenvalue weighted by Gasteiger charge is 2.51. The lowest BCUT2D eigenvalue weighted by atomic mass is 9.76. The number of ether oxygens (including phenoxy) is 1. The predicted octanol–water partition coefficient (Wildman–Crippen LogP) is 0.0814. The van der Waals surface area contributed by atoms with Gasteiger partial charge in [0, 0.05) is 18.5 Å². The van der Waals surface area contributed by atoms with E-state index in [2.05, 4.69) is 15.5 Å². The molecule has 1 N–H and O–H groups in total. The van der Waals surface area contributed by atoms with E-state index in [0.29, 0.717) is 11.7 Å². The molecule has 76 valence electrons. The molecule has 5 nitrogen and oxygen atoms in total. The molecule has 0 bridgehead atoms. The lowest BCUT2D eigenvalue weighted by Crippen LogP contribution is -2.47. The Labute approximate surface area is 81.8 Å². The van der Waals surface area contributed by atoms with Crippen LogP contribution in [0.1, 0.15) is 17.6 Å². The topological polar surface area (TPSA) is 60.2 Å². The molecule has 0 amide bonds. The number of aromatic nitrogens is 2. The molecule has 14 heavy (non-hydrogen) atoms. The first-order valence-electron chi connectivity index (χ1n) is 4.89. The van der Waals surface area contributed by atoms with Crippen LogP contribution in [0.5, 0.6) is 0 Å². The van der Waals surface area contributed by atoms with Crippen molar-refractivity contribution < 1.29 is 9.26 Å². The van der Waals surface area contributed by atoms with Gasteiger partial charge in [-0.25, -0.2) is 0 Å². The standard InChI is InChI=1S/C9H13N3O2/c1-6-11-8(14-12-6)7-2-10-3-9(7)4-13-5-9/h7,10H,2-5H2,1H3. The average molecular weight is 195 g/mol. The molecule has 1 aromatic rings. The van der Waals surface area contributed by atoms with Crippen molar-refractivity contribution in [2.75, 3.05) is 26.3 Å². The molecule has 0 aromatic carbocycles. The lowest BCUT2D eigenvalue weighted by Gasteiger charge is -2.40. The van der Waals surface area contributed by atoms with Gasteiger partial charge in [-0.15, -0.1) is 0 Å². The monoisotopic (exact) mass is 195 g/mol. The van der Waals surface area contributed by atoms with E-state index in [1.165, 1.54) is 0 Å². The van der Waals surface area contributed by atoms with E-state index < -0.39 is 0 Å². The highest BCUT2D eigenvalue weighted by molar-refractivity contribution is 5.11. The van der Waals surface area contributed by atoms with Crippen molar-refractivity contribution >= 4 is 0 Å². The Morgan fingerprint density at radius 3 is 2.93 bits per heavy atom. The second-order valence-corrected chi connectivity index (χ2v) is 4.22. The maximum absolute atomic E-state index is 5.29. The van der Waals surface area contributed by atoms with E-state index in [9.17, 15) is 0 Å². The Morgan fingerprint density at radius 2 is 2.36 bits per heavy atom. The molecule has 3 rings (SSSR count). The van der Waals surface area contributed by atoms with Gasteiger partial charge in [0.05, 0.1) is 19.1 Å². The minimum atomic E-state index is 0.221. The van der Waals surface area contributed by atoms with E-state index in [0.717, 1.165) is 32.2 Å². The minimum absolute atomic E-state index is 0.221. The first kappa shape index (κ1) is 8.38. The van der Waals surface area contributed by atoms with Crippen molar-refractivity contribution in [1.82, 2.24) is 15.5 Å². The third-order valence-electron chi connectivity index (χ3n) is 3.19. The molecule has 1 atom stereocenters. The summed E-state index contributed by atoms with van der Waals surface area (Å²) in [5.41, 5.74) is 0.221. The first-order valence-corrected chi connectivity index (χ1v) is 4.89. The van der Waals surface area contributed by atoms with Crippen molar-refractivity contribution in [3.8, 4) is 0 Å². The molecule has 2 saturated heterocycles. The third-order valence-corrected chi connectivity index (χ3v) is 3.19. The highest BCUT2D eigenvalue weighted by Crippen LogP contribution is 2.43. The molecule has 1 aromatic heterocycles. The first-order chi connectivity index (χ1) is 6.80. The maximum Gasteiger partial charge on any atom is 0.231 e. The Hall–Kier alpha value is -0.940. The SMILES string of the molecule is Cc1noc(C2CNCC23COC3)n1. The summed E-state index contributed by atoms with van der Waals surface area (Å²) in [4.78, 5) is 4.30. The molecular weight excluding hydrogens is 182 g/mol. The van der Waals surface area contributed by atoms with Crippen LogP contribution in [0.2, 0.25) is 0 Å². The Kier molecular flexibility index (Phi) is 1.66. The van der Waals surface area contributed by atoms with Crippen LogP contribution in [0.4, 0.5) is 0 Å². The van der Waals surface area contributed by atoms with E-state index in [4.69, 9.17) is 9.26 Å². The molecule has 5 heteroatoms. The van der Waals surface area contributed by atoms with Gasteiger partial charge in [0.2, 0.25) is 5.89 Å². The van der Waals surface area contributed by atoms with Gasteiger partial charge in [0.1, 0.15) is 0 Å². The zero-order valence-electron chi connectivity index (χ0n) is 8.12. The molecule has 1 unspecified atom stereocenters. The number of hydrogen-bond donors (Lipinski definition) is 1. The fraction of sp³-hybridized carbons (Fsp3) is 0.778. The van der Waals surface area contributed by atoms with Gasteiger partial charge in [-0.05, 0) is 6.92 Å². The quantitative estimate of drug-likeness (QED) is 0.687. The summed E-state index contributed by atoms with van der Waals surface area (Å²) in [7, 11) is 0. The summed E-state index contributed by atoms with van der Waals surface area (Å²) in [6, 6.07) is 0. The molecular formula is C9H13N3O2. The van der Waals surface area contributed by atoms with Crippen LogP contribution >= 0.6 is 0 Å². The van der Waals surface area contributed by atoms with Crippen LogP contribution in [0.15, 0.2) is 4.52 Å². The van der Waals surface area contributed by atoms with Gasteiger partial charge in [0.15, 0.2) is 5.82 Å².